The lowest BCUT2D eigenvalue weighted by atomic mass is 10.2. The maximum Gasteiger partial charge on any atom is 0.416 e. The van der Waals surface area contributed by atoms with Gasteiger partial charge in [-0.3, -0.25) is 0 Å². The Morgan fingerprint density at radius 1 is 0.950 bits per heavy atom. The lowest BCUT2D eigenvalue weighted by Crippen LogP contribution is -2.05. The minimum atomic E-state index is -4.38. The molecule has 0 aliphatic heterocycles. The van der Waals surface area contributed by atoms with Crippen molar-refractivity contribution in [3.63, 3.8) is 0 Å². The van der Waals surface area contributed by atoms with Crippen LogP contribution in [0.15, 0.2) is 48.5 Å². The van der Waals surface area contributed by atoms with Gasteiger partial charge in [-0.2, -0.15) is 19.1 Å². The molecular formula is C14H12F3NO2. The first kappa shape index (κ1) is 14.2. The minimum absolute atomic E-state index is 0.159. The monoisotopic (exact) mass is 283 g/mol. The highest BCUT2D eigenvalue weighted by atomic mass is 19.4. The summed E-state index contributed by atoms with van der Waals surface area (Å²) >= 11 is 0. The quantitative estimate of drug-likeness (QED) is 0.873. The number of ether oxygens (including phenoxy) is 1. The van der Waals surface area contributed by atoms with Crippen LogP contribution in [0.1, 0.15) is 11.1 Å². The van der Waals surface area contributed by atoms with E-state index in [0.29, 0.717) is 5.75 Å². The summed E-state index contributed by atoms with van der Waals surface area (Å²) in [5.74, 6) is 5.64. The second-order valence-electron chi connectivity index (χ2n) is 4.08. The number of alkyl halides is 3. The van der Waals surface area contributed by atoms with Gasteiger partial charge >= 0.3 is 6.18 Å². The van der Waals surface area contributed by atoms with Crippen molar-refractivity contribution in [2.45, 2.75) is 12.8 Å². The molecule has 0 radical (unpaired) electrons. The smallest absolute Gasteiger partial charge is 0.416 e. The number of hydrogen-bond donors (Lipinski definition) is 1. The molecule has 20 heavy (non-hydrogen) atoms. The summed E-state index contributed by atoms with van der Waals surface area (Å²) in [6.07, 6.45) is -4.38. The van der Waals surface area contributed by atoms with Crippen LogP contribution in [0.2, 0.25) is 0 Å². The Bertz CT molecular complexity index is 567. The lowest BCUT2D eigenvalue weighted by Gasteiger charge is -2.10. The van der Waals surface area contributed by atoms with Crippen LogP contribution >= 0.6 is 0 Å². The first-order valence-corrected chi connectivity index (χ1v) is 5.75. The van der Waals surface area contributed by atoms with Crippen LogP contribution in [-0.2, 0) is 12.8 Å². The fraction of sp³-hybridized carbons (Fsp3) is 0.143. The van der Waals surface area contributed by atoms with Gasteiger partial charge in [0, 0.05) is 0 Å². The number of hydrogen-bond acceptors (Lipinski definition) is 3. The highest BCUT2D eigenvalue weighted by Crippen LogP contribution is 2.31. The van der Waals surface area contributed by atoms with Crippen molar-refractivity contribution in [2.75, 3.05) is 0 Å². The summed E-state index contributed by atoms with van der Waals surface area (Å²) < 4.78 is 42.9. The third-order valence-electron chi connectivity index (χ3n) is 2.63. The van der Waals surface area contributed by atoms with Crippen LogP contribution in [-0.4, -0.2) is 0 Å². The van der Waals surface area contributed by atoms with E-state index < -0.39 is 11.7 Å². The van der Waals surface area contributed by atoms with E-state index in [1.807, 2.05) is 0 Å². The Balaban J connectivity index is 2.03. The molecule has 0 fully saturated rings. The van der Waals surface area contributed by atoms with E-state index in [-0.39, 0.29) is 12.4 Å². The predicted octanol–water partition coefficient (Wildman–Crippen LogP) is 3.54. The van der Waals surface area contributed by atoms with Crippen molar-refractivity contribution in [2.24, 2.45) is 5.90 Å². The van der Waals surface area contributed by atoms with Gasteiger partial charge in [-0.25, -0.2) is 0 Å². The molecule has 0 heterocycles. The normalized spacial score (nSPS) is 11.2. The van der Waals surface area contributed by atoms with Gasteiger partial charge in [-0.1, -0.05) is 18.2 Å². The van der Waals surface area contributed by atoms with Crippen LogP contribution in [0.4, 0.5) is 13.2 Å². The van der Waals surface area contributed by atoms with Crippen molar-refractivity contribution >= 4 is 0 Å². The van der Waals surface area contributed by atoms with Crippen molar-refractivity contribution in [1.82, 2.24) is 0 Å². The second kappa shape index (κ2) is 5.83. The summed E-state index contributed by atoms with van der Waals surface area (Å²) in [7, 11) is 0. The molecule has 0 aromatic heterocycles. The van der Waals surface area contributed by atoms with Gasteiger partial charge in [0.25, 0.3) is 0 Å². The third-order valence-corrected chi connectivity index (χ3v) is 2.63. The summed E-state index contributed by atoms with van der Waals surface area (Å²) in [6.45, 7) is 0.159. The maximum atomic E-state index is 12.5. The Hall–Kier alpha value is -2.21. The maximum absolute atomic E-state index is 12.5. The van der Waals surface area contributed by atoms with Gasteiger partial charge in [-0.15, -0.1) is 0 Å². The molecule has 106 valence electrons. The van der Waals surface area contributed by atoms with E-state index in [0.717, 1.165) is 17.7 Å². The van der Waals surface area contributed by atoms with Crippen LogP contribution < -0.4 is 15.5 Å². The van der Waals surface area contributed by atoms with E-state index in [1.165, 1.54) is 12.1 Å². The Morgan fingerprint density at radius 2 is 1.65 bits per heavy atom. The van der Waals surface area contributed by atoms with Gasteiger partial charge in [0.05, 0.1) is 5.56 Å². The molecule has 3 nitrogen and oxygen atoms in total. The largest absolute Gasteiger partial charge is 0.489 e. The first-order valence-electron chi connectivity index (χ1n) is 5.75. The fourth-order valence-corrected chi connectivity index (χ4v) is 1.59. The van der Waals surface area contributed by atoms with Crippen molar-refractivity contribution in [3.8, 4) is 11.5 Å². The molecular weight excluding hydrogens is 271 g/mol. The predicted molar refractivity (Wildman–Crippen MR) is 67.0 cm³/mol. The molecule has 2 aromatic rings. The average Bonchev–Trinajstić information content (AvgIpc) is 2.45. The summed E-state index contributed by atoms with van der Waals surface area (Å²) in [4.78, 5) is 4.52. The molecule has 0 atom stereocenters. The summed E-state index contributed by atoms with van der Waals surface area (Å²) in [5.41, 5.74) is 0.0603. The number of rotatable bonds is 4. The summed E-state index contributed by atoms with van der Waals surface area (Å²) in [6, 6.07) is 11.5. The molecule has 0 bridgehead atoms. The van der Waals surface area contributed by atoms with Gasteiger partial charge < -0.3 is 9.57 Å². The van der Waals surface area contributed by atoms with Crippen molar-refractivity contribution in [3.05, 3.63) is 59.7 Å². The van der Waals surface area contributed by atoms with E-state index in [4.69, 9.17) is 10.6 Å². The highest BCUT2D eigenvalue weighted by molar-refractivity contribution is 5.31. The van der Waals surface area contributed by atoms with E-state index in [2.05, 4.69) is 4.84 Å². The Kier molecular flexibility index (Phi) is 4.14. The SMILES string of the molecule is NOc1ccc(COc2cccc(C(F)(F)F)c2)cc1. The standard InChI is InChI=1S/C14H12F3NO2/c15-14(16,17)11-2-1-3-13(8-11)19-9-10-4-6-12(20-18)7-5-10/h1-8H,9,18H2. The van der Waals surface area contributed by atoms with Gasteiger partial charge in [0.2, 0.25) is 0 Å². The van der Waals surface area contributed by atoms with E-state index >= 15 is 0 Å². The molecule has 0 aliphatic carbocycles. The topological polar surface area (TPSA) is 44.5 Å². The van der Waals surface area contributed by atoms with Gasteiger partial charge in [0.1, 0.15) is 18.1 Å². The fourth-order valence-electron chi connectivity index (χ4n) is 1.59. The molecule has 2 aromatic carbocycles. The molecule has 0 unspecified atom stereocenters. The van der Waals surface area contributed by atoms with Crippen molar-refractivity contribution in [1.29, 1.82) is 0 Å². The number of halogens is 3. The zero-order chi connectivity index (χ0) is 14.6. The number of nitrogens with two attached hydrogens (primary N) is 1. The van der Waals surface area contributed by atoms with Crippen molar-refractivity contribution < 1.29 is 22.7 Å². The van der Waals surface area contributed by atoms with E-state index in [1.54, 1.807) is 24.3 Å². The van der Waals surface area contributed by atoms with Crippen LogP contribution in [0.5, 0.6) is 11.5 Å². The molecule has 0 aliphatic rings. The Morgan fingerprint density at radius 3 is 2.25 bits per heavy atom. The van der Waals surface area contributed by atoms with Gasteiger partial charge in [0.15, 0.2) is 0 Å². The molecule has 2 rings (SSSR count). The number of benzene rings is 2. The van der Waals surface area contributed by atoms with E-state index in [9.17, 15) is 13.2 Å². The molecule has 6 heteroatoms. The second-order valence-corrected chi connectivity index (χ2v) is 4.08. The zero-order valence-corrected chi connectivity index (χ0v) is 10.4. The molecule has 0 spiro atoms. The van der Waals surface area contributed by atoms with Crippen LogP contribution in [0, 0.1) is 0 Å². The highest BCUT2D eigenvalue weighted by Gasteiger charge is 2.30. The molecule has 0 saturated carbocycles. The Labute approximate surface area is 113 Å². The van der Waals surface area contributed by atoms with Crippen LogP contribution in [0.25, 0.3) is 0 Å². The minimum Gasteiger partial charge on any atom is -0.489 e. The zero-order valence-electron chi connectivity index (χ0n) is 10.4. The average molecular weight is 283 g/mol. The molecule has 2 N–H and O–H groups in total. The van der Waals surface area contributed by atoms with Crippen LogP contribution in [0.3, 0.4) is 0 Å². The first-order chi connectivity index (χ1) is 9.49. The van der Waals surface area contributed by atoms with Gasteiger partial charge in [-0.05, 0) is 35.9 Å². The molecule has 0 amide bonds. The lowest BCUT2D eigenvalue weighted by molar-refractivity contribution is -0.137. The third kappa shape index (κ3) is 3.64. The summed E-state index contributed by atoms with van der Waals surface area (Å²) in [5, 5.41) is 0. The molecule has 0 saturated heterocycles.